The summed E-state index contributed by atoms with van der Waals surface area (Å²) in [6, 6.07) is 14.6. The van der Waals surface area contributed by atoms with Crippen LogP contribution in [0, 0.1) is 6.92 Å². The number of benzene rings is 2. The number of carbonyl (C=O) groups is 1. The maximum absolute atomic E-state index is 11.9. The van der Waals surface area contributed by atoms with Gasteiger partial charge in [-0.05, 0) is 36.5 Å². The minimum Gasteiger partial charge on any atom is -0.294 e. The average molecular weight is 236 g/mol. The molecule has 3 rings (SSSR count). The van der Waals surface area contributed by atoms with Gasteiger partial charge in [0.15, 0.2) is 5.78 Å². The van der Waals surface area contributed by atoms with Crippen molar-refractivity contribution in [2.45, 2.75) is 26.2 Å². The Balaban J connectivity index is 2.15. The van der Waals surface area contributed by atoms with Crippen LogP contribution in [-0.4, -0.2) is 5.78 Å². The maximum atomic E-state index is 11.9. The maximum Gasteiger partial charge on any atom is 0.163 e. The van der Waals surface area contributed by atoms with Crippen LogP contribution >= 0.6 is 0 Å². The predicted molar refractivity (Wildman–Crippen MR) is 73.9 cm³/mol. The van der Waals surface area contributed by atoms with Crippen LogP contribution in [-0.2, 0) is 6.42 Å². The average Bonchev–Trinajstić information content (AvgIpc) is 2.40. The second-order valence-corrected chi connectivity index (χ2v) is 4.97. The third kappa shape index (κ3) is 1.86. The molecule has 1 aliphatic carbocycles. The highest BCUT2D eigenvalue weighted by Crippen LogP contribution is 2.31. The summed E-state index contributed by atoms with van der Waals surface area (Å²) in [4.78, 5) is 11.9. The van der Waals surface area contributed by atoms with Crippen molar-refractivity contribution in [3.63, 3.8) is 0 Å². The largest absolute Gasteiger partial charge is 0.294 e. The molecule has 0 unspecified atom stereocenters. The second-order valence-electron chi connectivity index (χ2n) is 4.97. The van der Waals surface area contributed by atoms with E-state index in [9.17, 15) is 4.79 Å². The Morgan fingerprint density at radius 3 is 2.39 bits per heavy atom. The minimum absolute atomic E-state index is 0.296. The van der Waals surface area contributed by atoms with Crippen molar-refractivity contribution < 1.29 is 4.79 Å². The van der Waals surface area contributed by atoms with Gasteiger partial charge in [-0.15, -0.1) is 0 Å². The molecule has 18 heavy (non-hydrogen) atoms. The first-order chi connectivity index (χ1) is 8.75. The third-order valence-electron chi connectivity index (χ3n) is 3.67. The highest BCUT2D eigenvalue weighted by atomic mass is 16.1. The summed E-state index contributed by atoms with van der Waals surface area (Å²) in [5.74, 6) is 0.296. The van der Waals surface area contributed by atoms with Gasteiger partial charge in [-0.2, -0.15) is 0 Å². The lowest BCUT2D eigenvalue weighted by Gasteiger charge is -2.18. The van der Waals surface area contributed by atoms with Crippen molar-refractivity contribution in [1.29, 1.82) is 0 Å². The molecule has 0 amide bonds. The Kier molecular flexibility index (Phi) is 2.75. The van der Waals surface area contributed by atoms with Gasteiger partial charge >= 0.3 is 0 Å². The predicted octanol–water partition coefficient (Wildman–Crippen LogP) is 4.18. The Hall–Kier alpha value is -1.89. The molecule has 2 aromatic carbocycles. The van der Waals surface area contributed by atoms with Crippen LogP contribution in [0.15, 0.2) is 42.5 Å². The number of Topliss-reactive ketones (excluding diaryl/α,β-unsaturated/α-hetero) is 1. The molecule has 0 fully saturated rings. The number of fused-ring (bicyclic) bond motifs is 1. The summed E-state index contributed by atoms with van der Waals surface area (Å²) in [5.41, 5.74) is 5.87. The van der Waals surface area contributed by atoms with E-state index in [4.69, 9.17) is 0 Å². The molecule has 0 atom stereocenters. The van der Waals surface area contributed by atoms with Gasteiger partial charge in [-0.1, -0.05) is 48.0 Å². The standard InChI is InChI=1S/C17H16O/c1-12-8-10-13(11-9-12)14-4-2-6-16-15(14)5-3-7-17(16)18/h2,4,6,8-11H,3,5,7H2,1H3. The van der Waals surface area contributed by atoms with Crippen LogP contribution in [0.3, 0.4) is 0 Å². The van der Waals surface area contributed by atoms with E-state index >= 15 is 0 Å². The highest BCUT2D eigenvalue weighted by Gasteiger charge is 2.19. The van der Waals surface area contributed by atoms with E-state index in [-0.39, 0.29) is 0 Å². The highest BCUT2D eigenvalue weighted by molar-refractivity contribution is 6.00. The molecule has 0 N–H and O–H groups in total. The normalized spacial score (nSPS) is 14.4. The van der Waals surface area contributed by atoms with Crippen LogP contribution in [0.5, 0.6) is 0 Å². The van der Waals surface area contributed by atoms with E-state index in [2.05, 4.69) is 37.3 Å². The molecule has 90 valence electrons. The van der Waals surface area contributed by atoms with Gasteiger partial charge in [0, 0.05) is 12.0 Å². The zero-order valence-electron chi connectivity index (χ0n) is 10.6. The van der Waals surface area contributed by atoms with Crippen molar-refractivity contribution in [2.24, 2.45) is 0 Å². The van der Waals surface area contributed by atoms with E-state index in [0.717, 1.165) is 18.4 Å². The van der Waals surface area contributed by atoms with Crippen molar-refractivity contribution in [3.05, 3.63) is 59.2 Å². The van der Waals surface area contributed by atoms with Gasteiger partial charge in [0.2, 0.25) is 0 Å². The summed E-state index contributed by atoms with van der Waals surface area (Å²) in [5, 5.41) is 0. The number of carbonyl (C=O) groups excluding carboxylic acids is 1. The fourth-order valence-electron chi connectivity index (χ4n) is 2.68. The topological polar surface area (TPSA) is 17.1 Å². The smallest absolute Gasteiger partial charge is 0.163 e. The summed E-state index contributed by atoms with van der Waals surface area (Å²) in [6.07, 6.45) is 2.70. The Morgan fingerprint density at radius 2 is 1.61 bits per heavy atom. The van der Waals surface area contributed by atoms with Gasteiger partial charge < -0.3 is 0 Å². The van der Waals surface area contributed by atoms with Crippen LogP contribution in [0.2, 0.25) is 0 Å². The number of hydrogen-bond donors (Lipinski definition) is 0. The lowest BCUT2D eigenvalue weighted by Crippen LogP contribution is -2.11. The van der Waals surface area contributed by atoms with Gasteiger partial charge in [0.1, 0.15) is 0 Å². The molecule has 1 aliphatic rings. The first kappa shape index (κ1) is 11.2. The molecule has 1 nitrogen and oxygen atoms in total. The molecule has 0 aromatic heterocycles. The molecule has 1 heteroatoms. The number of hydrogen-bond acceptors (Lipinski definition) is 1. The molecule has 0 saturated heterocycles. The third-order valence-corrected chi connectivity index (χ3v) is 3.67. The summed E-state index contributed by atoms with van der Waals surface area (Å²) >= 11 is 0. The van der Waals surface area contributed by atoms with E-state index in [1.807, 2.05) is 12.1 Å². The van der Waals surface area contributed by atoms with Crippen molar-refractivity contribution >= 4 is 5.78 Å². The van der Waals surface area contributed by atoms with Crippen molar-refractivity contribution in [3.8, 4) is 11.1 Å². The number of rotatable bonds is 1. The monoisotopic (exact) mass is 236 g/mol. The van der Waals surface area contributed by atoms with E-state index < -0.39 is 0 Å². The number of ketones is 1. The van der Waals surface area contributed by atoms with E-state index in [0.29, 0.717) is 12.2 Å². The minimum atomic E-state index is 0.296. The lowest BCUT2D eigenvalue weighted by molar-refractivity contribution is 0.0972. The molecule has 0 heterocycles. The van der Waals surface area contributed by atoms with Gasteiger partial charge in [0.25, 0.3) is 0 Å². The Labute approximate surface area is 107 Å². The Morgan fingerprint density at radius 1 is 0.889 bits per heavy atom. The first-order valence-electron chi connectivity index (χ1n) is 6.48. The van der Waals surface area contributed by atoms with E-state index in [1.54, 1.807) is 0 Å². The molecule has 0 spiro atoms. The SMILES string of the molecule is Cc1ccc(-c2cccc3c2CCCC3=O)cc1. The van der Waals surface area contributed by atoms with Crippen LogP contribution in [0.25, 0.3) is 11.1 Å². The summed E-state index contributed by atoms with van der Waals surface area (Å²) < 4.78 is 0. The van der Waals surface area contributed by atoms with E-state index in [1.165, 1.54) is 22.3 Å². The molecular formula is C17H16O. The number of aryl methyl sites for hydroxylation is 1. The first-order valence-corrected chi connectivity index (χ1v) is 6.48. The molecule has 0 radical (unpaired) electrons. The van der Waals surface area contributed by atoms with Crippen LogP contribution in [0.4, 0.5) is 0 Å². The molecule has 0 bridgehead atoms. The zero-order valence-corrected chi connectivity index (χ0v) is 10.6. The summed E-state index contributed by atoms with van der Waals surface area (Å²) in [6.45, 7) is 2.09. The van der Waals surface area contributed by atoms with Gasteiger partial charge in [-0.3, -0.25) is 4.79 Å². The lowest BCUT2D eigenvalue weighted by atomic mass is 9.85. The molecule has 0 aliphatic heterocycles. The van der Waals surface area contributed by atoms with Crippen molar-refractivity contribution in [1.82, 2.24) is 0 Å². The second kappa shape index (κ2) is 4.41. The zero-order chi connectivity index (χ0) is 12.5. The molecular weight excluding hydrogens is 220 g/mol. The fourth-order valence-corrected chi connectivity index (χ4v) is 2.68. The molecule has 0 saturated carbocycles. The van der Waals surface area contributed by atoms with Crippen LogP contribution < -0.4 is 0 Å². The van der Waals surface area contributed by atoms with Gasteiger partial charge in [-0.25, -0.2) is 0 Å². The fraction of sp³-hybridized carbons (Fsp3) is 0.235. The van der Waals surface area contributed by atoms with Crippen LogP contribution in [0.1, 0.15) is 34.3 Å². The molecule has 2 aromatic rings. The Bertz CT molecular complexity index is 594. The van der Waals surface area contributed by atoms with Gasteiger partial charge in [0.05, 0.1) is 0 Å². The summed E-state index contributed by atoms with van der Waals surface area (Å²) in [7, 11) is 0. The van der Waals surface area contributed by atoms with Crippen molar-refractivity contribution in [2.75, 3.05) is 0 Å². The quantitative estimate of drug-likeness (QED) is 0.726.